The molecule has 1 rings (SSSR count). The summed E-state index contributed by atoms with van der Waals surface area (Å²) in [6, 6.07) is 8.23. The van der Waals surface area contributed by atoms with Crippen LogP contribution in [0.25, 0.3) is 0 Å². The number of halogens is 1. The number of benzene rings is 1. The first-order valence-corrected chi connectivity index (χ1v) is 5.59. The molecule has 0 fully saturated rings. The maximum atomic E-state index is 5.46. The second kappa shape index (κ2) is 6.82. The van der Waals surface area contributed by atoms with Crippen molar-refractivity contribution in [1.82, 2.24) is 0 Å². The average Bonchev–Trinajstić information content (AvgIpc) is 2.20. The Morgan fingerprint density at radius 1 is 1.43 bits per heavy atom. The lowest BCUT2D eigenvalue weighted by atomic mass is 10.2. The van der Waals surface area contributed by atoms with Gasteiger partial charge in [-0.2, -0.15) is 0 Å². The van der Waals surface area contributed by atoms with E-state index in [1.807, 2.05) is 31.2 Å². The van der Waals surface area contributed by atoms with E-state index in [0.717, 1.165) is 0 Å². The van der Waals surface area contributed by atoms with Crippen molar-refractivity contribution in [1.29, 1.82) is 0 Å². The summed E-state index contributed by atoms with van der Waals surface area (Å²) in [5, 5.41) is 0. The topological polar surface area (TPSA) is 9.23 Å². The van der Waals surface area contributed by atoms with Crippen LogP contribution in [0.5, 0.6) is 0 Å². The summed E-state index contributed by atoms with van der Waals surface area (Å²) in [6.45, 7) is 3.23. The van der Waals surface area contributed by atoms with Crippen molar-refractivity contribution in [3.63, 3.8) is 0 Å². The zero-order valence-corrected chi connectivity index (χ0v) is 10.3. The summed E-state index contributed by atoms with van der Waals surface area (Å²) in [6.07, 6.45) is 3.76. The fourth-order valence-electron chi connectivity index (χ4n) is 1.01. The molecule has 0 spiro atoms. The molecule has 1 nitrogen and oxygen atoms in total. The molecule has 1 aromatic carbocycles. The molecule has 0 unspecified atom stereocenters. The lowest BCUT2D eigenvalue weighted by molar-refractivity contribution is 0.148. The summed E-state index contributed by atoms with van der Waals surface area (Å²) < 4.78 is 6.71. The fraction of sp³-hybridized carbons (Fsp3) is 0.250. The summed E-state index contributed by atoms with van der Waals surface area (Å²) in [7, 11) is 0. The van der Waals surface area contributed by atoms with Crippen LogP contribution < -0.4 is 0 Å². The lowest BCUT2D eigenvalue weighted by Crippen LogP contribution is -1.94. The molecule has 0 aliphatic heterocycles. The predicted octanol–water partition coefficient (Wildman–Crippen LogP) is 3.54. The SMILES string of the molecule is CC=C=CCOCc1ccccc1I. The van der Waals surface area contributed by atoms with Crippen LogP contribution in [-0.4, -0.2) is 6.61 Å². The molecule has 0 bridgehead atoms. The normalized spacial score (nSPS) is 9.29. The predicted molar refractivity (Wildman–Crippen MR) is 67.1 cm³/mol. The molecule has 0 atom stereocenters. The van der Waals surface area contributed by atoms with Crippen LogP contribution in [0.3, 0.4) is 0 Å². The Kier molecular flexibility index (Phi) is 5.60. The molecule has 0 saturated carbocycles. The zero-order chi connectivity index (χ0) is 10.2. The highest BCUT2D eigenvalue weighted by atomic mass is 127. The van der Waals surface area contributed by atoms with Crippen molar-refractivity contribution in [2.45, 2.75) is 13.5 Å². The van der Waals surface area contributed by atoms with Crippen LogP contribution in [0.2, 0.25) is 0 Å². The van der Waals surface area contributed by atoms with E-state index in [1.54, 1.807) is 0 Å². The first-order valence-electron chi connectivity index (χ1n) is 4.51. The van der Waals surface area contributed by atoms with Gasteiger partial charge < -0.3 is 4.74 Å². The largest absolute Gasteiger partial charge is 0.372 e. The van der Waals surface area contributed by atoms with Crippen LogP contribution in [0, 0.1) is 3.57 Å². The molecule has 1 aromatic rings. The molecule has 0 saturated heterocycles. The first-order chi connectivity index (χ1) is 6.84. The van der Waals surface area contributed by atoms with Crippen molar-refractivity contribution in [2.75, 3.05) is 6.61 Å². The van der Waals surface area contributed by atoms with Crippen LogP contribution in [0.15, 0.2) is 42.1 Å². The zero-order valence-electron chi connectivity index (χ0n) is 8.16. The van der Waals surface area contributed by atoms with Gasteiger partial charge >= 0.3 is 0 Å². The Bertz CT molecular complexity index is 338. The highest BCUT2D eigenvalue weighted by Crippen LogP contribution is 2.12. The monoisotopic (exact) mass is 300 g/mol. The van der Waals surface area contributed by atoms with Gasteiger partial charge in [0.1, 0.15) is 0 Å². The molecule has 0 N–H and O–H groups in total. The highest BCUT2D eigenvalue weighted by molar-refractivity contribution is 14.1. The molecule has 0 heterocycles. The molecule has 2 heteroatoms. The third kappa shape index (κ3) is 4.09. The van der Waals surface area contributed by atoms with Gasteiger partial charge in [-0.15, -0.1) is 5.73 Å². The van der Waals surface area contributed by atoms with Crippen molar-refractivity contribution in [3.05, 3.63) is 51.3 Å². The van der Waals surface area contributed by atoms with Gasteiger partial charge in [0.2, 0.25) is 0 Å². The lowest BCUT2D eigenvalue weighted by Gasteiger charge is -2.03. The van der Waals surface area contributed by atoms with E-state index in [2.05, 4.69) is 40.5 Å². The van der Waals surface area contributed by atoms with Gasteiger partial charge in [0.05, 0.1) is 13.2 Å². The molecule has 14 heavy (non-hydrogen) atoms. The van der Waals surface area contributed by atoms with E-state index < -0.39 is 0 Å². The van der Waals surface area contributed by atoms with E-state index in [9.17, 15) is 0 Å². The van der Waals surface area contributed by atoms with Crippen LogP contribution in [-0.2, 0) is 11.3 Å². The minimum Gasteiger partial charge on any atom is -0.372 e. The van der Waals surface area contributed by atoms with E-state index in [0.29, 0.717) is 13.2 Å². The third-order valence-electron chi connectivity index (χ3n) is 1.70. The molecule has 74 valence electrons. The second-order valence-corrected chi connectivity index (χ2v) is 3.93. The van der Waals surface area contributed by atoms with E-state index in [4.69, 9.17) is 4.74 Å². The molecular formula is C12H13IO. The smallest absolute Gasteiger partial charge is 0.0731 e. The van der Waals surface area contributed by atoms with E-state index in [1.165, 1.54) is 9.13 Å². The van der Waals surface area contributed by atoms with Gasteiger partial charge in [0, 0.05) is 3.57 Å². The Morgan fingerprint density at radius 3 is 2.93 bits per heavy atom. The summed E-state index contributed by atoms with van der Waals surface area (Å²) in [4.78, 5) is 0. The molecule has 0 aromatic heterocycles. The number of ether oxygens (including phenoxy) is 1. The Hall–Kier alpha value is -0.570. The Labute approximate surface area is 98.6 Å². The van der Waals surface area contributed by atoms with Crippen LogP contribution in [0.1, 0.15) is 12.5 Å². The maximum absolute atomic E-state index is 5.46. The van der Waals surface area contributed by atoms with Gasteiger partial charge in [-0.25, -0.2) is 0 Å². The van der Waals surface area contributed by atoms with Gasteiger partial charge in [0.15, 0.2) is 0 Å². The highest BCUT2D eigenvalue weighted by Gasteiger charge is 1.96. The molecular weight excluding hydrogens is 287 g/mol. The van der Waals surface area contributed by atoms with Gasteiger partial charge in [-0.05, 0) is 53.3 Å². The molecule has 0 aliphatic rings. The fourth-order valence-corrected chi connectivity index (χ4v) is 1.55. The second-order valence-electron chi connectivity index (χ2n) is 2.77. The van der Waals surface area contributed by atoms with Crippen molar-refractivity contribution >= 4 is 22.6 Å². The Balaban J connectivity index is 2.39. The standard InChI is InChI=1S/C12H13IO/c1-2-3-6-9-14-10-11-7-4-5-8-12(11)13/h2,4-8H,9-10H2,1H3. The number of hydrogen-bond donors (Lipinski definition) is 0. The summed E-state index contributed by atoms with van der Waals surface area (Å²) in [5.74, 6) is 0. The summed E-state index contributed by atoms with van der Waals surface area (Å²) in [5.41, 5.74) is 4.21. The van der Waals surface area contributed by atoms with Gasteiger partial charge in [-0.3, -0.25) is 0 Å². The first kappa shape index (κ1) is 11.5. The molecule has 0 amide bonds. The average molecular weight is 300 g/mol. The van der Waals surface area contributed by atoms with Crippen molar-refractivity contribution < 1.29 is 4.74 Å². The van der Waals surface area contributed by atoms with Crippen LogP contribution in [0.4, 0.5) is 0 Å². The van der Waals surface area contributed by atoms with E-state index in [-0.39, 0.29) is 0 Å². The number of hydrogen-bond acceptors (Lipinski definition) is 1. The van der Waals surface area contributed by atoms with Crippen molar-refractivity contribution in [2.24, 2.45) is 0 Å². The molecule has 0 aliphatic carbocycles. The molecule has 0 radical (unpaired) electrons. The number of rotatable bonds is 4. The van der Waals surface area contributed by atoms with Crippen molar-refractivity contribution in [3.8, 4) is 0 Å². The minimum atomic E-state index is 0.620. The maximum Gasteiger partial charge on any atom is 0.0731 e. The Morgan fingerprint density at radius 2 is 2.21 bits per heavy atom. The van der Waals surface area contributed by atoms with E-state index >= 15 is 0 Å². The van der Waals surface area contributed by atoms with Gasteiger partial charge in [0.25, 0.3) is 0 Å². The third-order valence-corrected chi connectivity index (χ3v) is 2.75. The van der Waals surface area contributed by atoms with Crippen LogP contribution >= 0.6 is 22.6 Å². The summed E-state index contributed by atoms with van der Waals surface area (Å²) >= 11 is 2.32. The quantitative estimate of drug-likeness (QED) is 0.469. The van der Waals surface area contributed by atoms with Gasteiger partial charge in [-0.1, -0.05) is 18.2 Å². The minimum absolute atomic E-state index is 0.620.